The minimum Gasteiger partial charge on any atom is -0.507 e. The largest absolute Gasteiger partial charge is 0.507 e. The molecular formula is C28H36N2O5. The molecule has 1 aliphatic heterocycles. The van der Waals surface area contributed by atoms with E-state index in [0.717, 1.165) is 17.7 Å². The third-order valence-electron chi connectivity index (χ3n) is 5.69. The number of nitrogens with zero attached hydrogens (tertiary/aromatic N) is 2. The predicted molar refractivity (Wildman–Crippen MR) is 137 cm³/mol. The molecule has 35 heavy (non-hydrogen) atoms. The fourth-order valence-corrected chi connectivity index (χ4v) is 3.88. The van der Waals surface area contributed by atoms with Crippen molar-refractivity contribution in [1.29, 1.82) is 0 Å². The van der Waals surface area contributed by atoms with E-state index in [-0.39, 0.29) is 11.3 Å². The molecule has 1 heterocycles. The molecule has 2 aromatic carbocycles. The zero-order chi connectivity index (χ0) is 25.5. The average molecular weight is 481 g/mol. The van der Waals surface area contributed by atoms with Gasteiger partial charge in [0.05, 0.1) is 24.8 Å². The standard InChI is InChI=1S/C28H36N2O5/c1-6-16-34-22-12-10-20(11-13-22)25-24(27(32)28(33)30(25)15-14-29(4)5)26(31)21-8-7-9-23(17-21)35-18-19(2)3/h7-13,17,19,25,31H,6,14-16,18H2,1-5H3/b26-24-. The van der Waals surface area contributed by atoms with Crippen molar-refractivity contribution in [3.63, 3.8) is 0 Å². The van der Waals surface area contributed by atoms with Crippen molar-refractivity contribution in [3.05, 3.63) is 65.2 Å². The van der Waals surface area contributed by atoms with Crippen LogP contribution in [0.2, 0.25) is 0 Å². The first kappa shape index (κ1) is 26.3. The molecule has 0 radical (unpaired) electrons. The van der Waals surface area contributed by atoms with Gasteiger partial charge in [-0.1, -0.05) is 45.0 Å². The average Bonchev–Trinajstić information content (AvgIpc) is 3.09. The second kappa shape index (κ2) is 11.9. The molecule has 1 amide bonds. The highest BCUT2D eigenvalue weighted by molar-refractivity contribution is 6.46. The van der Waals surface area contributed by atoms with Gasteiger partial charge in [-0.25, -0.2) is 0 Å². The van der Waals surface area contributed by atoms with Crippen LogP contribution in [0.3, 0.4) is 0 Å². The maximum Gasteiger partial charge on any atom is 0.295 e. The molecule has 1 fully saturated rings. The number of likely N-dealkylation sites (tertiary alicyclic amines) is 1. The lowest BCUT2D eigenvalue weighted by Crippen LogP contribution is -2.35. The van der Waals surface area contributed by atoms with Crippen molar-refractivity contribution >= 4 is 17.4 Å². The molecule has 2 aromatic rings. The number of hydrogen-bond donors (Lipinski definition) is 1. The zero-order valence-corrected chi connectivity index (χ0v) is 21.3. The van der Waals surface area contributed by atoms with Crippen LogP contribution in [0.25, 0.3) is 5.76 Å². The monoisotopic (exact) mass is 480 g/mol. The van der Waals surface area contributed by atoms with Crippen LogP contribution in [0.15, 0.2) is 54.1 Å². The molecule has 1 saturated heterocycles. The van der Waals surface area contributed by atoms with Gasteiger partial charge >= 0.3 is 0 Å². The summed E-state index contributed by atoms with van der Waals surface area (Å²) in [5.41, 5.74) is 1.25. The lowest BCUT2D eigenvalue weighted by Gasteiger charge is -2.26. The third-order valence-corrected chi connectivity index (χ3v) is 5.69. The minimum absolute atomic E-state index is 0.0805. The highest BCUT2D eigenvalue weighted by Crippen LogP contribution is 2.40. The van der Waals surface area contributed by atoms with E-state index in [1.165, 1.54) is 4.90 Å². The van der Waals surface area contributed by atoms with Crippen LogP contribution >= 0.6 is 0 Å². The summed E-state index contributed by atoms with van der Waals surface area (Å²) in [6, 6.07) is 13.6. The first-order valence-corrected chi connectivity index (χ1v) is 12.1. The van der Waals surface area contributed by atoms with E-state index in [2.05, 4.69) is 13.8 Å². The maximum absolute atomic E-state index is 13.2. The van der Waals surface area contributed by atoms with Gasteiger partial charge in [0.25, 0.3) is 11.7 Å². The van der Waals surface area contributed by atoms with Crippen LogP contribution < -0.4 is 9.47 Å². The van der Waals surface area contributed by atoms with E-state index in [4.69, 9.17) is 9.47 Å². The molecule has 0 bridgehead atoms. The quantitative estimate of drug-likeness (QED) is 0.290. The van der Waals surface area contributed by atoms with Gasteiger partial charge in [-0.2, -0.15) is 0 Å². The lowest BCUT2D eigenvalue weighted by molar-refractivity contribution is -0.140. The molecule has 0 aromatic heterocycles. The molecule has 1 N–H and O–H groups in total. The number of Topliss-reactive ketones (excluding diaryl/α,β-unsaturated/α-hetero) is 1. The maximum atomic E-state index is 13.2. The molecule has 3 rings (SSSR count). The number of rotatable bonds is 11. The highest BCUT2D eigenvalue weighted by Gasteiger charge is 2.45. The summed E-state index contributed by atoms with van der Waals surface area (Å²) in [5.74, 6) is 0.151. The Labute approximate surface area is 207 Å². The van der Waals surface area contributed by atoms with Gasteiger partial charge in [0.2, 0.25) is 0 Å². The van der Waals surface area contributed by atoms with Gasteiger partial charge in [-0.05, 0) is 56.3 Å². The Bertz CT molecular complexity index is 1060. The van der Waals surface area contributed by atoms with E-state index in [0.29, 0.717) is 43.5 Å². The van der Waals surface area contributed by atoms with E-state index in [1.807, 2.05) is 50.2 Å². The Kier molecular flexibility index (Phi) is 8.93. The molecular weight excluding hydrogens is 444 g/mol. The van der Waals surface area contributed by atoms with Gasteiger partial charge in [0.15, 0.2) is 0 Å². The van der Waals surface area contributed by atoms with Crippen LogP contribution in [0.4, 0.5) is 0 Å². The number of carbonyl (C=O) groups excluding carboxylic acids is 2. The summed E-state index contributed by atoms with van der Waals surface area (Å²) >= 11 is 0. The van der Waals surface area contributed by atoms with Crippen molar-refractivity contribution in [2.75, 3.05) is 40.4 Å². The third kappa shape index (κ3) is 6.42. The predicted octanol–water partition coefficient (Wildman–Crippen LogP) is 4.49. The fourth-order valence-electron chi connectivity index (χ4n) is 3.88. The molecule has 1 atom stereocenters. The normalized spacial score (nSPS) is 17.5. The summed E-state index contributed by atoms with van der Waals surface area (Å²) in [4.78, 5) is 29.7. The van der Waals surface area contributed by atoms with Gasteiger partial charge in [-0.15, -0.1) is 0 Å². The second-order valence-electron chi connectivity index (χ2n) is 9.45. The van der Waals surface area contributed by atoms with Crippen LogP contribution in [0.5, 0.6) is 11.5 Å². The minimum atomic E-state index is -0.699. The van der Waals surface area contributed by atoms with E-state index in [1.54, 1.807) is 24.3 Å². The van der Waals surface area contributed by atoms with Gasteiger partial charge in [0.1, 0.15) is 17.3 Å². The molecule has 0 saturated carbocycles. The van der Waals surface area contributed by atoms with E-state index >= 15 is 0 Å². The van der Waals surface area contributed by atoms with Crippen LogP contribution in [0, 0.1) is 5.92 Å². The highest BCUT2D eigenvalue weighted by atomic mass is 16.5. The number of aliphatic hydroxyl groups excluding tert-OH is 1. The zero-order valence-electron chi connectivity index (χ0n) is 21.3. The first-order valence-electron chi connectivity index (χ1n) is 12.1. The number of amides is 1. The molecule has 188 valence electrons. The Morgan fingerprint density at radius 1 is 1.06 bits per heavy atom. The summed E-state index contributed by atoms with van der Waals surface area (Å²) in [6.07, 6.45) is 0.895. The van der Waals surface area contributed by atoms with E-state index < -0.39 is 17.7 Å². The van der Waals surface area contributed by atoms with Crippen molar-refractivity contribution < 1.29 is 24.2 Å². The number of ether oxygens (including phenoxy) is 2. The SMILES string of the molecule is CCCOc1ccc(C2/C(=C(/O)c3cccc(OCC(C)C)c3)C(=O)C(=O)N2CCN(C)C)cc1. The fraction of sp³-hybridized carbons (Fsp3) is 0.429. The number of hydrogen-bond acceptors (Lipinski definition) is 6. The molecule has 0 aliphatic carbocycles. The van der Waals surface area contributed by atoms with Crippen molar-refractivity contribution in [1.82, 2.24) is 9.80 Å². The number of aliphatic hydroxyl groups is 1. The first-order chi connectivity index (χ1) is 16.7. The molecule has 0 spiro atoms. The van der Waals surface area contributed by atoms with Crippen molar-refractivity contribution in [2.45, 2.75) is 33.2 Å². The topological polar surface area (TPSA) is 79.3 Å². The van der Waals surface area contributed by atoms with Gasteiger partial charge in [-0.3, -0.25) is 9.59 Å². The number of ketones is 1. The van der Waals surface area contributed by atoms with Crippen molar-refractivity contribution in [2.24, 2.45) is 5.92 Å². The number of benzene rings is 2. The smallest absolute Gasteiger partial charge is 0.295 e. The Balaban J connectivity index is 2.04. The van der Waals surface area contributed by atoms with Crippen LogP contribution in [-0.4, -0.2) is 67.0 Å². The summed E-state index contributed by atoms with van der Waals surface area (Å²) in [5, 5.41) is 11.3. The molecule has 1 unspecified atom stereocenters. The van der Waals surface area contributed by atoms with E-state index in [9.17, 15) is 14.7 Å². The summed E-state index contributed by atoms with van der Waals surface area (Å²) in [6.45, 7) is 8.22. The number of carbonyl (C=O) groups is 2. The molecule has 7 nitrogen and oxygen atoms in total. The Hall–Kier alpha value is -3.32. The summed E-state index contributed by atoms with van der Waals surface area (Å²) < 4.78 is 11.5. The van der Waals surface area contributed by atoms with Crippen LogP contribution in [-0.2, 0) is 9.59 Å². The van der Waals surface area contributed by atoms with Crippen LogP contribution in [0.1, 0.15) is 44.4 Å². The Morgan fingerprint density at radius 2 is 1.77 bits per heavy atom. The van der Waals surface area contributed by atoms with Gasteiger partial charge < -0.3 is 24.4 Å². The summed E-state index contributed by atoms with van der Waals surface area (Å²) in [7, 11) is 3.82. The lowest BCUT2D eigenvalue weighted by atomic mass is 9.95. The molecule has 7 heteroatoms. The van der Waals surface area contributed by atoms with Gasteiger partial charge in [0, 0.05) is 18.7 Å². The Morgan fingerprint density at radius 3 is 2.40 bits per heavy atom. The number of likely N-dealkylation sites (N-methyl/N-ethyl adjacent to an activating group) is 1. The van der Waals surface area contributed by atoms with Crippen molar-refractivity contribution in [3.8, 4) is 11.5 Å². The second-order valence-corrected chi connectivity index (χ2v) is 9.45. The molecule has 1 aliphatic rings.